The molecule has 0 aromatic rings. The van der Waals surface area contributed by atoms with Crippen LogP contribution in [0.25, 0.3) is 0 Å². The van der Waals surface area contributed by atoms with E-state index in [0.717, 1.165) is 89.9 Å². The van der Waals surface area contributed by atoms with Gasteiger partial charge in [-0.1, -0.05) is 230 Å². The van der Waals surface area contributed by atoms with Gasteiger partial charge < -0.3 is 27.9 Å². The number of hydrogen-bond acceptors (Lipinski definition) is 8. The van der Waals surface area contributed by atoms with Crippen LogP contribution < -0.4 is 4.89 Å². The summed E-state index contributed by atoms with van der Waals surface area (Å²) in [4.78, 5) is 37.8. The third-order valence-electron chi connectivity index (χ3n) is 12.8. The molecule has 0 saturated heterocycles. The highest BCUT2D eigenvalue weighted by molar-refractivity contribution is 7.45. The summed E-state index contributed by atoms with van der Waals surface area (Å²) >= 11 is 0. The topological polar surface area (TPSA) is 111 Å². The van der Waals surface area contributed by atoms with Crippen LogP contribution in [0.15, 0.2) is 0 Å². The lowest BCUT2D eigenvalue weighted by Crippen LogP contribution is -2.37. The highest BCUT2D eigenvalue weighted by Crippen LogP contribution is 2.38. The predicted octanol–water partition coefficient (Wildman–Crippen LogP) is 16.1. The lowest BCUT2D eigenvalue weighted by Gasteiger charge is -2.28. The van der Waals surface area contributed by atoms with Crippen LogP contribution in [0.5, 0.6) is 0 Å². The molecule has 10 heteroatoms. The largest absolute Gasteiger partial charge is 0.756 e. The Hall–Kier alpha value is -2.75. The minimum atomic E-state index is -4.66. The zero-order valence-electron chi connectivity index (χ0n) is 47.3. The number of carbonyl (C=O) groups excluding carboxylic acids is 2. The summed E-state index contributed by atoms with van der Waals surface area (Å²) in [6, 6.07) is 0. The van der Waals surface area contributed by atoms with Crippen LogP contribution in [0.3, 0.4) is 0 Å². The third kappa shape index (κ3) is 56.5. The summed E-state index contributed by atoms with van der Waals surface area (Å²) in [5.41, 5.74) is 0. The summed E-state index contributed by atoms with van der Waals surface area (Å²) in [5.74, 6) is 23.8. The number of hydrogen-bond donors (Lipinski definition) is 0. The van der Waals surface area contributed by atoms with E-state index in [0.29, 0.717) is 23.9 Å². The number of nitrogens with zero attached hydrogens (tertiary/aromatic N) is 1. The molecule has 0 spiro atoms. The fourth-order valence-electron chi connectivity index (χ4n) is 8.17. The molecular formula is C62H108NO8P. The molecule has 0 aliphatic rings. The molecule has 0 fully saturated rings. The highest BCUT2D eigenvalue weighted by atomic mass is 31.2. The lowest BCUT2D eigenvalue weighted by molar-refractivity contribution is -0.870. The van der Waals surface area contributed by atoms with Crippen molar-refractivity contribution in [1.29, 1.82) is 0 Å². The fourth-order valence-corrected chi connectivity index (χ4v) is 8.90. The second-order valence-corrected chi connectivity index (χ2v) is 22.5. The molecular weight excluding hydrogens is 918 g/mol. The molecule has 9 nitrogen and oxygen atoms in total. The van der Waals surface area contributed by atoms with Crippen LogP contribution in [-0.4, -0.2) is 70.0 Å². The molecule has 414 valence electrons. The summed E-state index contributed by atoms with van der Waals surface area (Å²) in [6.07, 6.45) is 47.0. The van der Waals surface area contributed by atoms with Crippen molar-refractivity contribution in [2.75, 3.05) is 47.5 Å². The molecule has 0 saturated carbocycles. The number of ether oxygens (including phenoxy) is 2. The zero-order chi connectivity index (χ0) is 52.7. The van der Waals surface area contributed by atoms with Crippen LogP contribution in [0.4, 0.5) is 0 Å². The minimum Gasteiger partial charge on any atom is -0.756 e. The van der Waals surface area contributed by atoms with E-state index < -0.39 is 32.5 Å². The molecule has 0 bridgehead atoms. The van der Waals surface area contributed by atoms with Crippen LogP contribution in [0.2, 0.25) is 0 Å². The summed E-state index contributed by atoms with van der Waals surface area (Å²) in [5, 5.41) is 0. The van der Waals surface area contributed by atoms with Crippen molar-refractivity contribution in [1.82, 2.24) is 0 Å². The van der Waals surface area contributed by atoms with Crippen LogP contribution in [0.1, 0.15) is 284 Å². The Balaban J connectivity index is 4.26. The van der Waals surface area contributed by atoms with Gasteiger partial charge in [0.05, 0.1) is 27.7 Å². The SMILES string of the molecule is CCCCCCCCCCCCCCCC#CC#CCCCCCCCC(=O)OC[C@H](COP(=O)([O-])OCC[N+](C)(C)C)OC(=O)CCCCCCCC#CC#CCCCCCCCCCCCCCCC. The molecule has 0 aromatic heterocycles. The van der Waals surface area contributed by atoms with Crippen molar-refractivity contribution < 1.29 is 42.1 Å². The maximum absolute atomic E-state index is 12.8. The highest BCUT2D eigenvalue weighted by Gasteiger charge is 2.22. The van der Waals surface area contributed by atoms with Gasteiger partial charge in [0.25, 0.3) is 7.82 Å². The number of carbonyl (C=O) groups is 2. The van der Waals surface area contributed by atoms with Crippen LogP contribution in [-0.2, 0) is 32.7 Å². The molecule has 0 N–H and O–H groups in total. The Kier molecular flexibility index (Phi) is 51.1. The van der Waals surface area contributed by atoms with Gasteiger partial charge in [-0.3, -0.25) is 14.2 Å². The lowest BCUT2D eigenvalue weighted by atomic mass is 10.0. The van der Waals surface area contributed by atoms with Crippen molar-refractivity contribution in [3.63, 3.8) is 0 Å². The van der Waals surface area contributed by atoms with Gasteiger partial charge in [-0.25, -0.2) is 0 Å². The zero-order valence-corrected chi connectivity index (χ0v) is 48.2. The van der Waals surface area contributed by atoms with Crippen LogP contribution >= 0.6 is 7.82 Å². The summed E-state index contributed by atoms with van der Waals surface area (Å²) in [6.45, 7) is 4.16. The van der Waals surface area contributed by atoms with E-state index in [-0.39, 0.29) is 26.1 Å². The maximum Gasteiger partial charge on any atom is 0.306 e. The van der Waals surface area contributed by atoms with Gasteiger partial charge in [-0.15, -0.1) is 0 Å². The van der Waals surface area contributed by atoms with Crippen molar-refractivity contribution in [3.8, 4) is 47.4 Å². The minimum absolute atomic E-state index is 0.0500. The van der Waals surface area contributed by atoms with Gasteiger partial charge in [0.15, 0.2) is 6.10 Å². The molecule has 0 amide bonds. The number of esters is 2. The van der Waals surface area contributed by atoms with Gasteiger partial charge in [-0.05, 0) is 62.2 Å². The Morgan fingerprint density at radius 2 is 0.736 bits per heavy atom. The van der Waals surface area contributed by atoms with Gasteiger partial charge in [0.2, 0.25) is 0 Å². The standard InChI is InChI=1S/C62H108NO8P/c1-6-8-10-12-14-16-18-20-22-24-26-28-30-32-34-36-38-40-42-44-46-48-50-52-54-61(64)68-58-60(59-70-72(66,67)69-57-56-63(3,4)5)71-62(65)55-53-51-49-47-45-43-41-39-37-35-33-31-29-27-25-23-21-19-17-15-13-11-9-7-2/h60H,6-33,42-59H2,1-5H3/t60-/m1/s1. The van der Waals surface area contributed by atoms with Gasteiger partial charge in [0.1, 0.15) is 19.8 Å². The van der Waals surface area contributed by atoms with Crippen molar-refractivity contribution >= 4 is 19.8 Å². The Labute approximate surface area is 444 Å². The van der Waals surface area contributed by atoms with E-state index in [9.17, 15) is 19.0 Å². The summed E-state index contributed by atoms with van der Waals surface area (Å²) in [7, 11) is 1.11. The molecule has 1 unspecified atom stereocenters. The monoisotopic (exact) mass is 1030 g/mol. The van der Waals surface area contributed by atoms with Crippen molar-refractivity contribution in [2.24, 2.45) is 0 Å². The van der Waals surface area contributed by atoms with E-state index >= 15 is 0 Å². The molecule has 0 aliphatic carbocycles. The normalized spacial score (nSPS) is 12.2. The first-order valence-corrected chi connectivity index (χ1v) is 31.1. The molecule has 0 rings (SSSR count). The molecule has 0 aromatic carbocycles. The van der Waals surface area contributed by atoms with Crippen molar-refractivity contribution in [2.45, 2.75) is 290 Å². The first-order chi connectivity index (χ1) is 35.0. The number of phosphoric ester groups is 1. The maximum atomic E-state index is 12.8. The third-order valence-corrected chi connectivity index (χ3v) is 13.8. The number of quaternary nitrogens is 1. The fraction of sp³-hybridized carbons (Fsp3) is 0.839. The van der Waals surface area contributed by atoms with E-state index in [1.165, 1.54) is 154 Å². The smallest absolute Gasteiger partial charge is 0.306 e. The van der Waals surface area contributed by atoms with Crippen molar-refractivity contribution in [3.05, 3.63) is 0 Å². The average Bonchev–Trinajstić information content (AvgIpc) is 3.34. The number of rotatable bonds is 50. The first-order valence-electron chi connectivity index (χ1n) is 29.7. The second kappa shape index (κ2) is 53.1. The van der Waals surface area contributed by atoms with E-state index in [1.807, 2.05) is 21.1 Å². The molecule has 2 atom stereocenters. The molecule has 72 heavy (non-hydrogen) atoms. The van der Waals surface area contributed by atoms with E-state index in [1.54, 1.807) is 0 Å². The van der Waals surface area contributed by atoms with Gasteiger partial charge in [0, 0.05) is 38.5 Å². The first kappa shape index (κ1) is 69.2. The Bertz CT molecular complexity index is 1580. The van der Waals surface area contributed by atoms with Gasteiger partial charge >= 0.3 is 11.9 Å². The van der Waals surface area contributed by atoms with Crippen LogP contribution in [0, 0.1) is 47.4 Å². The molecule has 0 aliphatic heterocycles. The number of likely N-dealkylation sites (N-methyl/N-ethyl adjacent to an activating group) is 1. The molecule has 0 heterocycles. The second-order valence-electron chi connectivity index (χ2n) is 21.1. The molecule has 0 radical (unpaired) electrons. The van der Waals surface area contributed by atoms with Gasteiger partial charge in [-0.2, -0.15) is 0 Å². The van der Waals surface area contributed by atoms with E-state index in [2.05, 4.69) is 61.2 Å². The number of phosphoric acid groups is 1. The quantitative estimate of drug-likeness (QED) is 0.0195. The average molecular weight is 1030 g/mol. The Morgan fingerprint density at radius 3 is 1.07 bits per heavy atom. The Morgan fingerprint density at radius 1 is 0.431 bits per heavy atom. The van der Waals surface area contributed by atoms with E-state index in [4.69, 9.17) is 18.5 Å². The number of unbranched alkanes of at least 4 members (excludes halogenated alkanes) is 36. The summed E-state index contributed by atoms with van der Waals surface area (Å²) < 4.78 is 34.0. The predicted molar refractivity (Wildman–Crippen MR) is 300 cm³/mol.